The van der Waals surface area contributed by atoms with Crippen LogP contribution in [-0.4, -0.2) is 53.1 Å². The molecule has 0 unspecified atom stereocenters. The lowest BCUT2D eigenvalue weighted by atomic mass is 9.90. The first-order chi connectivity index (χ1) is 15.4. The third kappa shape index (κ3) is 4.49. The molecule has 0 spiro atoms. The molecule has 32 heavy (non-hydrogen) atoms. The van der Waals surface area contributed by atoms with Crippen LogP contribution in [0.25, 0.3) is 11.1 Å². The van der Waals surface area contributed by atoms with Gasteiger partial charge in [0.25, 0.3) is 0 Å². The zero-order valence-corrected chi connectivity index (χ0v) is 18.3. The van der Waals surface area contributed by atoms with Crippen LogP contribution in [0, 0.1) is 40.4 Å². The molecule has 164 valence electrons. The normalized spacial score (nSPS) is 14.2. The van der Waals surface area contributed by atoms with Gasteiger partial charge >= 0.3 is 0 Å². The molecule has 0 aliphatic carbocycles. The predicted molar refractivity (Wildman–Crippen MR) is 126 cm³/mol. The number of aromatic nitrogens is 2. The molecule has 0 bridgehead atoms. The first kappa shape index (κ1) is 22.6. The van der Waals surface area contributed by atoms with Gasteiger partial charge in [0.05, 0.1) is 35.2 Å². The van der Waals surface area contributed by atoms with E-state index in [0.29, 0.717) is 30.1 Å². The molecule has 2 heterocycles. The summed E-state index contributed by atoms with van der Waals surface area (Å²) in [6, 6.07) is 7.93. The number of allylic oxidation sites excluding steroid dienone is 1. The molecule has 9 nitrogen and oxygen atoms in total. The van der Waals surface area contributed by atoms with Gasteiger partial charge in [-0.2, -0.15) is 15.5 Å². The number of hydrogen-bond acceptors (Lipinski definition) is 8. The summed E-state index contributed by atoms with van der Waals surface area (Å²) in [5.74, 6) is 0.483. The number of benzene rings is 1. The maximum absolute atomic E-state index is 10.1. The maximum atomic E-state index is 10.1. The van der Waals surface area contributed by atoms with E-state index in [2.05, 4.69) is 21.2 Å². The van der Waals surface area contributed by atoms with Crippen LogP contribution in [0.5, 0.6) is 0 Å². The molecule has 3 rings (SSSR count). The Morgan fingerprint density at radius 1 is 1.31 bits per heavy atom. The standard InChI is InChI=1S/C23H27N9/c1-15-11-17(13-29-30-15)18-3-4-19(21(27)5-8-24)20(12-25)22(18)32-9-6-16(7-10-32)23(28)31(2)14-26/h3-5,8,11,13-14,16,26-28H,6-7,9-10,24H2,1-2H3/b8-5-,26-14?,27-21?,28-23?. The van der Waals surface area contributed by atoms with Crippen LogP contribution < -0.4 is 10.6 Å². The smallest absolute Gasteiger partial charge is 0.104 e. The zero-order valence-electron chi connectivity index (χ0n) is 18.3. The van der Waals surface area contributed by atoms with Crippen molar-refractivity contribution in [2.75, 3.05) is 25.0 Å². The van der Waals surface area contributed by atoms with Crippen LogP contribution in [-0.2, 0) is 0 Å². The van der Waals surface area contributed by atoms with Gasteiger partial charge < -0.3 is 20.9 Å². The molecule has 0 amide bonds. The van der Waals surface area contributed by atoms with Crippen molar-refractivity contribution in [1.29, 1.82) is 21.5 Å². The van der Waals surface area contributed by atoms with Crippen LogP contribution in [0.3, 0.4) is 0 Å². The Morgan fingerprint density at radius 3 is 2.62 bits per heavy atom. The lowest BCUT2D eigenvalue weighted by Crippen LogP contribution is -2.41. The van der Waals surface area contributed by atoms with E-state index in [9.17, 15) is 5.26 Å². The largest absolute Gasteiger partial charge is 0.405 e. The van der Waals surface area contributed by atoms with Gasteiger partial charge in [-0.25, -0.2) is 0 Å². The van der Waals surface area contributed by atoms with Gasteiger partial charge in [0, 0.05) is 42.7 Å². The van der Waals surface area contributed by atoms with Gasteiger partial charge in [-0.1, -0.05) is 12.1 Å². The summed E-state index contributed by atoms with van der Waals surface area (Å²) in [5.41, 5.74) is 9.85. The predicted octanol–water partition coefficient (Wildman–Crippen LogP) is 2.90. The Kier molecular flexibility index (Phi) is 6.95. The van der Waals surface area contributed by atoms with E-state index < -0.39 is 0 Å². The quantitative estimate of drug-likeness (QED) is 0.409. The second-order valence-electron chi connectivity index (χ2n) is 7.74. The van der Waals surface area contributed by atoms with Gasteiger partial charge in [0.1, 0.15) is 11.9 Å². The molecule has 1 aliphatic heterocycles. The van der Waals surface area contributed by atoms with Gasteiger partial charge in [-0.15, -0.1) is 0 Å². The molecule has 2 aromatic rings. The molecule has 1 aliphatic rings. The van der Waals surface area contributed by atoms with E-state index in [4.69, 9.17) is 22.0 Å². The summed E-state index contributed by atoms with van der Waals surface area (Å²) in [6.45, 7) is 3.18. The number of piperidine rings is 1. The lowest BCUT2D eigenvalue weighted by Gasteiger charge is -2.36. The van der Waals surface area contributed by atoms with Crippen molar-refractivity contribution < 1.29 is 0 Å². The second kappa shape index (κ2) is 9.83. The van der Waals surface area contributed by atoms with E-state index >= 15 is 0 Å². The molecule has 0 atom stereocenters. The molecule has 0 saturated carbocycles. The number of nitrogens with one attached hydrogen (secondary N) is 3. The van der Waals surface area contributed by atoms with Crippen molar-refractivity contribution in [1.82, 2.24) is 15.1 Å². The van der Waals surface area contributed by atoms with Gasteiger partial charge in [-0.3, -0.25) is 10.8 Å². The van der Waals surface area contributed by atoms with E-state index in [-0.39, 0.29) is 11.6 Å². The monoisotopic (exact) mass is 429 g/mol. The average molecular weight is 430 g/mol. The fourth-order valence-corrected chi connectivity index (χ4v) is 4.03. The molecular formula is C23H27N9. The van der Waals surface area contributed by atoms with Crippen LogP contribution in [0.2, 0.25) is 0 Å². The number of nitriles is 1. The maximum Gasteiger partial charge on any atom is 0.104 e. The van der Waals surface area contributed by atoms with Crippen molar-refractivity contribution >= 4 is 23.6 Å². The summed E-state index contributed by atoms with van der Waals surface area (Å²) in [4.78, 5) is 3.68. The van der Waals surface area contributed by atoms with Crippen LogP contribution in [0.1, 0.15) is 29.7 Å². The number of anilines is 1. The summed E-state index contributed by atoms with van der Waals surface area (Å²) in [7, 11) is 1.71. The topological polar surface area (TPSA) is 154 Å². The van der Waals surface area contributed by atoms with Gasteiger partial charge in [0.2, 0.25) is 0 Å². The molecule has 5 N–H and O–H groups in total. The molecule has 1 fully saturated rings. The van der Waals surface area contributed by atoms with Crippen molar-refractivity contribution in [2.24, 2.45) is 11.7 Å². The highest BCUT2D eigenvalue weighted by Crippen LogP contribution is 2.38. The minimum atomic E-state index is 0.0540. The zero-order chi connectivity index (χ0) is 23.3. The fourth-order valence-electron chi connectivity index (χ4n) is 4.03. The van der Waals surface area contributed by atoms with E-state index in [1.165, 1.54) is 17.2 Å². The lowest BCUT2D eigenvalue weighted by molar-refractivity contribution is 0.473. The summed E-state index contributed by atoms with van der Waals surface area (Å²) in [5, 5.41) is 42.3. The van der Waals surface area contributed by atoms with E-state index in [0.717, 1.165) is 41.7 Å². The third-order valence-corrected chi connectivity index (χ3v) is 5.70. The first-order valence-corrected chi connectivity index (χ1v) is 10.3. The molecule has 0 radical (unpaired) electrons. The Labute approximate surface area is 187 Å². The van der Waals surface area contributed by atoms with Gasteiger partial charge in [-0.05, 0) is 38.1 Å². The van der Waals surface area contributed by atoms with Crippen LogP contribution in [0.15, 0.2) is 36.7 Å². The number of hydrogen-bond donors (Lipinski definition) is 4. The molecule has 1 aromatic carbocycles. The minimum Gasteiger partial charge on any atom is -0.405 e. The highest BCUT2D eigenvalue weighted by atomic mass is 15.2. The number of aryl methyl sites for hydroxylation is 1. The Balaban J connectivity index is 2.07. The summed E-state index contributed by atoms with van der Waals surface area (Å²) in [6.07, 6.45) is 7.07. The number of amidine groups is 1. The molecular weight excluding hydrogens is 402 g/mol. The molecule has 9 heteroatoms. The van der Waals surface area contributed by atoms with Crippen molar-refractivity contribution in [3.8, 4) is 17.2 Å². The van der Waals surface area contributed by atoms with E-state index in [1.807, 2.05) is 19.1 Å². The minimum absolute atomic E-state index is 0.0540. The average Bonchev–Trinajstić information content (AvgIpc) is 2.82. The summed E-state index contributed by atoms with van der Waals surface area (Å²) >= 11 is 0. The number of rotatable bonds is 6. The van der Waals surface area contributed by atoms with Crippen molar-refractivity contribution in [3.05, 3.63) is 53.5 Å². The molecule has 1 aromatic heterocycles. The highest BCUT2D eigenvalue weighted by molar-refractivity contribution is 6.10. The fraction of sp³-hybridized carbons (Fsp3) is 0.304. The Morgan fingerprint density at radius 2 is 2.03 bits per heavy atom. The SMILES string of the molecule is Cc1cc(-c2ccc(C(=N)/C=C\N)c(C#N)c2N2CCC(C(=N)N(C)C=N)CC2)cnn1. The summed E-state index contributed by atoms with van der Waals surface area (Å²) < 4.78 is 0. The molecule has 1 saturated heterocycles. The third-order valence-electron chi connectivity index (χ3n) is 5.70. The van der Waals surface area contributed by atoms with E-state index in [1.54, 1.807) is 19.3 Å². The Bertz CT molecular complexity index is 1100. The van der Waals surface area contributed by atoms with Crippen molar-refractivity contribution in [2.45, 2.75) is 19.8 Å². The number of nitrogens with zero attached hydrogens (tertiary/aromatic N) is 5. The number of nitrogens with two attached hydrogens (primary N) is 1. The Hall–Kier alpha value is -4.06. The van der Waals surface area contributed by atoms with Crippen LogP contribution >= 0.6 is 0 Å². The van der Waals surface area contributed by atoms with Crippen molar-refractivity contribution in [3.63, 3.8) is 0 Å². The first-order valence-electron chi connectivity index (χ1n) is 10.3. The van der Waals surface area contributed by atoms with Gasteiger partial charge in [0.15, 0.2) is 0 Å². The second-order valence-corrected chi connectivity index (χ2v) is 7.74. The van der Waals surface area contributed by atoms with Crippen LogP contribution in [0.4, 0.5) is 5.69 Å². The highest BCUT2D eigenvalue weighted by Gasteiger charge is 2.28.